The van der Waals surface area contributed by atoms with Crippen molar-refractivity contribution >= 4 is 16.9 Å². The van der Waals surface area contributed by atoms with E-state index in [1.165, 1.54) is 6.33 Å². The lowest BCUT2D eigenvalue weighted by Crippen LogP contribution is -2.40. The molecular weight excluding hydrogens is 294 g/mol. The van der Waals surface area contributed by atoms with Crippen LogP contribution in [0.3, 0.4) is 0 Å². The van der Waals surface area contributed by atoms with Crippen molar-refractivity contribution in [2.75, 3.05) is 6.54 Å². The number of likely N-dealkylation sites (tertiary alicyclic amines) is 1. The second kappa shape index (κ2) is 5.83. The molecule has 1 atom stereocenters. The molecule has 0 spiro atoms. The highest BCUT2D eigenvalue weighted by atomic mass is 16.5. The van der Waals surface area contributed by atoms with Crippen LogP contribution in [0.5, 0.6) is 0 Å². The first kappa shape index (κ1) is 13.9. The highest BCUT2D eigenvalue weighted by molar-refractivity contribution is 5.86. The summed E-state index contributed by atoms with van der Waals surface area (Å²) < 4.78 is 5.29. The highest BCUT2D eigenvalue weighted by Crippen LogP contribution is 2.29. The van der Waals surface area contributed by atoms with Gasteiger partial charge in [0.25, 0.3) is 0 Å². The van der Waals surface area contributed by atoms with Gasteiger partial charge in [-0.05, 0) is 31.4 Å². The van der Waals surface area contributed by atoms with Crippen LogP contribution in [0.2, 0.25) is 0 Å². The summed E-state index contributed by atoms with van der Waals surface area (Å²) in [6, 6.07) is 7.57. The largest absolute Gasteiger partial charge is 0.356 e. The van der Waals surface area contributed by atoms with Gasteiger partial charge >= 0.3 is 0 Å². The quantitative estimate of drug-likeness (QED) is 0.801. The summed E-state index contributed by atoms with van der Waals surface area (Å²) in [7, 11) is 0. The molecule has 0 unspecified atom stereocenters. The van der Waals surface area contributed by atoms with Gasteiger partial charge < -0.3 is 9.42 Å². The van der Waals surface area contributed by atoms with E-state index >= 15 is 0 Å². The molecule has 1 N–H and O–H groups in total. The number of carbonyl (C=O) groups is 1. The van der Waals surface area contributed by atoms with E-state index in [9.17, 15) is 4.79 Å². The van der Waals surface area contributed by atoms with Crippen molar-refractivity contribution in [3.05, 3.63) is 42.1 Å². The van der Waals surface area contributed by atoms with E-state index in [-0.39, 0.29) is 18.4 Å². The Bertz CT molecular complexity index is 811. The molecule has 1 fully saturated rings. The van der Waals surface area contributed by atoms with E-state index < -0.39 is 0 Å². The minimum atomic E-state index is -0.0306. The Balaban J connectivity index is 1.57. The Labute approximate surface area is 132 Å². The Morgan fingerprint density at radius 1 is 1.35 bits per heavy atom. The van der Waals surface area contributed by atoms with Crippen LogP contribution in [0.1, 0.15) is 36.8 Å². The number of para-hydroxylation sites is 1. The number of nitrogens with one attached hydrogen (secondary N) is 1. The molecule has 0 bridgehead atoms. The van der Waals surface area contributed by atoms with Gasteiger partial charge in [-0.15, -0.1) is 0 Å². The lowest BCUT2D eigenvalue weighted by Gasteiger charge is -2.34. The van der Waals surface area contributed by atoms with Crippen LogP contribution < -0.4 is 0 Å². The second-order valence-corrected chi connectivity index (χ2v) is 5.77. The molecule has 1 amide bonds. The first-order chi connectivity index (χ1) is 11.3. The van der Waals surface area contributed by atoms with Crippen LogP contribution in [-0.4, -0.2) is 37.7 Å². The smallest absolute Gasteiger partial charge is 0.229 e. The fourth-order valence-electron chi connectivity index (χ4n) is 3.20. The third-order valence-electron chi connectivity index (χ3n) is 4.34. The van der Waals surface area contributed by atoms with Crippen molar-refractivity contribution < 1.29 is 9.32 Å². The predicted molar refractivity (Wildman–Crippen MR) is 82.4 cm³/mol. The van der Waals surface area contributed by atoms with Gasteiger partial charge in [0.05, 0.1) is 12.5 Å². The van der Waals surface area contributed by atoms with E-state index in [4.69, 9.17) is 4.52 Å². The number of H-pyrrole nitrogens is 1. The van der Waals surface area contributed by atoms with Crippen molar-refractivity contribution in [3.63, 3.8) is 0 Å². The van der Waals surface area contributed by atoms with Crippen molar-refractivity contribution in [1.29, 1.82) is 0 Å². The molecular formula is C16H17N5O2. The summed E-state index contributed by atoms with van der Waals surface area (Å²) in [5.41, 5.74) is 1.40. The van der Waals surface area contributed by atoms with E-state index in [2.05, 4.69) is 20.3 Å². The molecule has 2 aromatic heterocycles. The fourth-order valence-corrected chi connectivity index (χ4v) is 3.20. The number of rotatable bonds is 3. The average Bonchev–Trinajstić information content (AvgIpc) is 3.25. The summed E-state index contributed by atoms with van der Waals surface area (Å²) in [4.78, 5) is 18.9. The van der Waals surface area contributed by atoms with E-state index in [1.807, 2.05) is 29.2 Å². The molecule has 118 valence electrons. The van der Waals surface area contributed by atoms with Gasteiger partial charge in [-0.2, -0.15) is 5.10 Å². The standard InChI is InChI=1S/C16H17N5O2/c22-15(9-12-11-5-1-2-7-14(11)23-20-12)21-8-4-3-6-13(21)16-17-10-18-19-16/h1-2,5,7,10,13H,3-4,6,8-9H2,(H,17,18,19)/t13-/m0/s1. The number of aromatic nitrogens is 4. The van der Waals surface area contributed by atoms with Gasteiger partial charge in [-0.1, -0.05) is 17.3 Å². The number of carbonyl (C=O) groups excluding carboxylic acids is 1. The van der Waals surface area contributed by atoms with Crippen molar-refractivity contribution in [2.24, 2.45) is 0 Å². The van der Waals surface area contributed by atoms with Gasteiger partial charge in [-0.3, -0.25) is 9.89 Å². The number of fused-ring (bicyclic) bond motifs is 1. The van der Waals surface area contributed by atoms with Gasteiger partial charge in [0, 0.05) is 11.9 Å². The molecule has 4 rings (SSSR count). The van der Waals surface area contributed by atoms with Crippen molar-refractivity contribution in [3.8, 4) is 0 Å². The normalized spacial score (nSPS) is 18.4. The molecule has 3 aromatic rings. The van der Waals surface area contributed by atoms with Crippen LogP contribution in [0, 0.1) is 0 Å². The number of amides is 1. The molecule has 1 aliphatic heterocycles. The van der Waals surface area contributed by atoms with Gasteiger partial charge in [-0.25, -0.2) is 4.98 Å². The third-order valence-corrected chi connectivity index (χ3v) is 4.34. The van der Waals surface area contributed by atoms with Crippen molar-refractivity contribution in [1.82, 2.24) is 25.2 Å². The topological polar surface area (TPSA) is 87.9 Å². The van der Waals surface area contributed by atoms with E-state index in [0.717, 1.165) is 37.0 Å². The SMILES string of the molecule is O=C(Cc1noc2ccccc12)N1CCCC[C@H]1c1ncn[nH]1. The number of nitrogens with zero attached hydrogens (tertiary/aromatic N) is 4. The van der Waals surface area contributed by atoms with Gasteiger partial charge in [0.2, 0.25) is 5.91 Å². The Hall–Kier alpha value is -2.70. The summed E-state index contributed by atoms with van der Waals surface area (Å²) in [6.45, 7) is 0.736. The maximum atomic E-state index is 12.8. The lowest BCUT2D eigenvalue weighted by atomic mass is 10.0. The first-order valence-corrected chi connectivity index (χ1v) is 7.81. The minimum absolute atomic E-state index is 0.0306. The number of hydrogen-bond donors (Lipinski definition) is 1. The van der Waals surface area contributed by atoms with Crippen LogP contribution in [0.15, 0.2) is 35.1 Å². The van der Waals surface area contributed by atoms with Crippen LogP contribution >= 0.6 is 0 Å². The number of benzene rings is 1. The van der Waals surface area contributed by atoms with Crippen LogP contribution in [0.25, 0.3) is 11.0 Å². The molecule has 1 aromatic carbocycles. The number of aromatic amines is 1. The molecule has 0 radical (unpaired) electrons. The molecule has 7 nitrogen and oxygen atoms in total. The minimum Gasteiger partial charge on any atom is -0.356 e. The lowest BCUT2D eigenvalue weighted by molar-refractivity contribution is -0.134. The second-order valence-electron chi connectivity index (χ2n) is 5.77. The summed E-state index contributed by atoms with van der Waals surface area (Å²) in [6.07, 6.45) is 4.72. The number of piperidine rings is 1. The molecule has 0 saturated carbocycles. The molecule has 7 heteroatoms. The first-order valence-electron chi connectivity index (χ1n) is 7.81. The third kappa shape index (κ3) is 2.58. The van der Waals surface area contributed by atoms with E-state index in [1.54, 1.807) is 0 Å². The molecule has 1 aliphatic rings. The zero-order valence-electron chi connectivity index (χ0n) is 12.6. The molecule has 1 saturated heterocycles. The highest BCUT2D eigenvalue weighted by Gasteiger charge is 2.30. The Kier molecular flexibility index (Phi) is 3.53. The monoisotopic (exact) mass is 311 g/mol. The summed E-state index contributed by atoms with van der Waals surface area (Å²) in [5.74, 6) is 0.799. The molecule has 0 aliphatic carbocycles. The fraction of sp³-hybridized carbons (Fsp3) is 0.375. The maximum absolute atomic E-state index is 12.8. The van der Waals surface area contributed by atoms with Crippen LogP contribution in [-0.2, 0) is 11.2 Å². The molecule has 3 heterocycles. The van der Waals surface area contributed by atoms with E-state index in [0.29, 0.717) is 11.3 Å². The summed E-state index contributed by atoms with van der Waals surface area (Å²) in [5, 5.41) is 11.8. The van der Waals surface area contributed by atoms with Gasteiger partial charge in [0.1, 0.15) is 17.8 Å². The molecule has 23 heavy (non-hydrogen) atoms. The van der Waals surface area contributed by atoms with Crippen molar-refractivity contribution in [2.45, 2.75) is 31.7 Å². The maximum Gasteiger partial charge on any atom is 0.229 e. The van der Waals surface area contributed by atoms with Gasteiger partial charge in [0.15, 0.2) is 5.58 Å². The zero-order chi connectivity index (χ0) is 15.6. The number of hydrogen-bond acceptors (Lipinski definition) is 5. The Morgan fingerprint density at radius 3 is 3.13 bits per heavy atom. The summed E-state index contributed by atoms with van der Waals surface area (Å²) >= 11 is 0. The predicted octanol–water partition coefficient (Wildman–Crippen LogP) is 2.24. The Morgan fingerprint density at radius 2 is 2.26 bits per heavy atom. The van der Waals surface area contributed by atoms with Crippen LogP contribution in [0.4, 0.5) is 0 Å². The zero-order valence-corrected chi connectivity index (χ0v) is 12.6. The average molecular weight is 311 g/mol.